The number of thiophene rings is 1. The van der Waals surface area contributed by atoms with Crippen molar-refractivity contribution in [2.24, 2.45) is 16.9 Å². The molecule has 6 N–H and O–H groups in total. The van der Waals surface area contributed by atoms with Crippen LogP contribution < -0.4 is 21.7 Å². The third-order valence-electron chi connectivity index (χ3n) is 3.85. The summed E-state index contributed by atoms with van der Waals surface area (Å²) in [5.41, 5.74) is 5.13. The highest BCUT2D eigenvalue weighted by molar-refractivity contribution is 7.91. The Hall–Kier alpha value is -2.27. The van der Waals surface area contributed by atoms with E-state index in [9.17, 15) is 8.42 Å². The molecule has 1 aliphatic rings. The topological polar surface area (TPSA) is 136 Å². The monoisotopic (exact) mass is 392 g/mol. The number of rotatable bonds is 7. The molecule has 0 aromatic carbocycles. The van der Waals surface area contributed by atoms with Crippen molar-refractivity contribution in [1.82, 2.24) is 15.4 Å². The van der Waals surface area contributed by atoms with E-state index in [1.807, 2.05) is 13.0 Å². The summed E-state index contributed by atoms with van der Waals surface area (Å²) in [5.74, 6) is 7.02. The molecule has 138 valence electrons. The molecule has 26 heavy (non-hydrogen) atoms. The van der Waals surface area contributed by atoms with E-state index in [2.05, 4.69) is 27.3 Å². The van der Waals surface area contributed by atoms with Crippen LogP contribution in [0.4, 0.5) is 5.82 Å². The van der Waals surface area contributed by atoms with Crippen LogP contribution in [0, 0.1) is 12.8 Å². The van der Waals surface area contributed by atoms with Crippen molar-refractivity contribution in [3.8, 4) is 10.7 Å². The second-order valence-electron chi connectivity index (χ2n) is 6.06. The molecular weight excluding hydrogens is 372 g/mol. The molecular formula is C16H20N6O2S2. The summed E-state index contributed by atoms with van der Waals surface area (Å²) >= 11 is 1.03. The average Bonchev–Trinajstić information content (AvgIpc) is 3.29. The normalized spacial score (nSPS) is 15.0. The van der Waals surface area contributed by atoms with Crippen LogP contribution in [-0.4, -0.2) is 18.4 Å². The van der Waals surface area contributed by atoms with Gasteiger partial charge in [0.15, 0.2) is 5.82 Å². The van der Waals surface area contributed by atoms with Crippen LogP contribution in [0.5, 0.6) is 0 Å². The lowest BCUT2D eigenvalue weighted by molar-refractivity contribution is 0.600. The Morgan fingerprint density at radius 1 is 1.42 bits per heavy atom. The van der Waals surface area contributed by atoms with Gasteiger partial charge in [0, 0.05) is 29.1 Å². The van der Waals surface area contributed by atoms with Gasteiger partial charge >= 0.3 is 0 Å². The summed E-state index contributed by atoms with van der Waals surface area (Å²) in [4.78, 5) is 9.37. The van der Waals surface area contributed by atoms with Crippen molar-refractivity contribution < 1.29 is 8.42 Å². The van der Waals surface area contributed by atoms with Crippen LogP contribution in [0.2, 0.25) is 0 Å². The lowest BCUT2D eigenvalue weighted by Crippen LogP contribution is -2.22. The molecule has 2 heterocycles. The summed E-state index contributed by atoms with van der Waals surface area (Å²) in [6, 6.07) is 3.08. The predicted octanol–water partition coefficient (Wildman–Crippen LogP) is 1.84. The molecule has 2 aromatic heterocycles. The Morgan fingerprint density at radius 3 is 2.73 bits per heavy atom. The molecule has 1 aliphatic carbocycles. The zero-order valence-electron chi connectivity index (χ0n) is 14.2. The van der Waals surface area contributed by atoms with Gasteiger partial charge in [0.05, 0.1) is 4.88 Å². The highest BCUT2D eigenvalue weighted by Crippen LogP contribution is 2.35. The van der Waals surface area contributed by atoms with Crippen molar-refractivity contribution in [2.75, 3.05) is 5.32 Å². The number of hydrazine groups is 1. The smallest absolute Gasteiger partial charge is 0.247 e. The van der Waals surface area contributed by atoms with E-state index >= 15 is 0 Å². The number of anilines is 1. The molecule has 1 saturated carbocycles. The number of nitrogens with two attached hydrogens (primary N) is 2. The molecule has 8 nitrogen and oxygen atoms in total. The van der Waals surface area contributed by atoms with Crippen LogP contribution in [0.15, 0.2) is 46.6 Å². The number of aryl methyl sites for hydroxylation is 1. The van der Waals surface area contributed by atoms with E-state index < -0.39 is 10.0 Å². The number of nitrogens with one attached hydrogen (secondary N) is 2. The first-order valence-electron chi connectivity index (χ1n) is 7.88. The molecule has 0 amide bonds. The molecule has 1 fully saturated rings. The van der Waals surface area contributed by atoms with Gasteiger partial charge in [-0.1, -0.05) is 6.58 Å². The predicted molar refractivity (Wildman–Crippen MR) is 102 cm³/mol. The molecule has 0 radical (unpaired) electrons. The number of hydrogen-bond donors (Lipinski definition) is 4. The second kappa shape index (κ2) is 7.16. The van der Waals surface area contributed by atoms with Crippen LogP contribution in [0.3, 0.4) is 0 Å². The Bertz CT molecular complexity index is 976. The number of hydrogen-bond acceptors (Lipinski definition) is 8. The lowest BCUT2D eigenvalue weighted by Gasteiger charge is -2.11. The minimum atomic E-state index is -3.74. The van der Waals surface area contributed by atoms with Crippen LogP contribution in [-0.2, 0) is 10.0 Å². The first kappa shape index (κ1) is 18.5. The molecule has 0 aliphatic heterocycles. The van der Waals surface area contributed by atoms with Gasteiger partial charge in [0.1, 0.15) is 10.0 Å². The Kier molecular flexibility index (Phi) is 5.10. The molecule has 0 unspecified atom stereocenters. The van der Waals surface area contributed by atoms with Gasteiger partial charge in [-0.05, 0) is 38.0 Å². The van der Waals surface area contributed by atoms with Gasteiger partial charge in [-0.2, -0.15) is 0 Å². The zero-order chi connectivity index (χ0) is 18.9. The van der Waals surface area contributed by atoms with E-state index in [-0.39, 0.29) is 4.21 Å². The Labute approximate surface area is 156 Å². The third-order valence-corrected chi connectivity index (χ3v) is 6.37. The molecule has 0 spiro atoms. The average molecular weight is 393 g/mol. The summed E-state index contributed by atoms with van der Waals surface area (Å²) in [6.45, 7) is 5.86. The molecule has 0 bridgehead atoms. The van der Waals surface area contributed by atoms with Crippen molar-refractivity contribution in [2.45, 2.75) is 24.0 Å². The molecule has 2 aromatic rings. The maximum atomic E-state index is 11.4. The van der Waals surface area contributed by atoms with E-state index in [4.69, 9.17) is 11.0 Å². The minimum Gasteiger partial charge on any atom is -0.340 e. The lowest BCUT2D eigenvalue weighted by atomic mass is 10.2. The van der Waals surface area contributed by atoms with Gasteiger partial charge in [0.25, 0.3) is 0 Å². The summed E-state index contributed by atoms with van der Waals surface area (Å²) in [5, 5.41) is 8.30. The fraction of sp³-hybridized carbons (Fsp3) is 0.250. The van der Waals surface area contributed by atoms with Gasteiger partial charge < -0.3 is 10.7 Å². The maximum Gasteiger partial charge on any atom is 0.247 e. The van der Waals surface area contributed by atoms with Crippen molar-refractivity contribution >= 4 is 27.2 Å². The minimum absolute atomic E-state index is 0.0709. The SMILES string of the molecule is C=C(/C=C(\NN)C1CC1)Nc1nc(-c2ccc(S(N)(=O)=O)s2)ncc1C. The fourth-order valence-electron chi connectivity index (χ4n) is 2.33. The summed E-state index contributed by atoms with van der Waals surface area (Å²) in [7, 11) is -3.74. The molecule has 0 saturated heterocycles. The summed E-state index contributed by atoms with van der Waals surface area (Å²) in [6.07, 6.45) is 5.76. The summed E-state index contributed by atoms with van der Waals surface area (Å²) < 4.78 is 22.9. The number of sulfonamides is 1. The van der Waals surface area contributed by atoms with E-state index in [1.165, 1.54) is 6.07 Å². The van der Waals surface area contributed by atoms with Crippen molar-refractivity contribution in [3.63, 3.8) is 0 Å². The van der Waals surface area contributed by atoms with Gasteiger partial charge in [-0.3, -0.25) is 5.84 Å². The van der Waals surface area contributed by atoms with Gasteiger partial charge in [-0.15, -0.1) is 11.3 Å². The number of allylic oxidation sites excluding steroid dienone is 2. The first-order chi connectivity index (χ1) is 12.3. The first-order valence-corrected chi connectivity index (χ1v) is 10.2. The zero-order valence-corrected chi connectivity index (χ0v) is 15.8. The molecule has 10 heteroatoms. The van der Waals surface area contributed by atoms with E-state index in [0.717, 1.165) is 35.4 Å². The fourth-order valence-corrected chi connectivity index (χ4v) is 4.00. The maximum absolute atomic E-state index is 11.4. The standard InChI is InChI=1S/C16H20N6O2S2/c1-9-8-19-16(13-5-6-14(25-13)26(18,23)24)21-15(9)20-10(2)7-12(22-17)11-3-4-11/h5-8,11,22H,2-4,17H2,1H3,(H2,18,23,24)(H,19,20,21)/b12-7-. The van der Waals surface area contributed by atoms with Crippen molar-refractivity contribution in [1.29, 1.82) is 0 Å². The highest BCUT2D eigenvalue weighted by atomic mass is 32.2. The van der Waals surface area contributed by atoms with Crippen molar-refractivity contribution in [3.05, 3.63) is 47.9 Å². The quantitative estimate of drug-likeness (QED) is 0.321. The third kappa shape index (κ3) is 4.28. The Morgan fingerprint density at radius 2 is 2.15 bits per heavy atom. The van der Waals surface area contributed by atoms with E-state index in [0.29, 0.717) is 28.1 Å². The van der Waals surface area contributed by atoms with Crippen LogP contribution in [0.1, 0.15) is 18.4 Å². The largest absolute Gasteiger partial charge is 0.340 e. The molecule has 3 rings (SSSR count). The number of aromatic nitrogens is 2. The van der Waals surface area contributed by atoms with E-state index in [1.54, 1.807) is 12.3 Å². The Balaban J connectivity index is 1.84. The second-order valence-corrected chi connectivity index (χ2v) is 8.93. The highest BCUT2D eigenvalue weighted by Gasteiger charge is 2.25. The number of nitrogens with zero attached hydrogens (tertiary/aromatic N) is 2. The number of primary sulfonamides is 1. The molecule has 0 atom stereocenters. The van der Waals surface area contributed by atoms with Crippen LogP contribution >= 0.6 is 11.3 Å². The van der Waals surface area contributed by atoms with Gasteiger partial charge in [-0.25, -0.2) is 23.5 Å². The van der Waals surface area contributed by atoms with Crippen LogP contribution in [0.25, 0.3) is 10.7 Å². The van der Waals surface area contributed by atoms with Gasteiger partial charge in [0.2, 0.25) is 10.0 Å².